The van der Waals surface area contributed by atoms with Gasteiger partial charge < -0.3 is 29.6 Å². The Morgan fingerprint density at radius 1 is 0.714 bits per heavy atom. The summed E-state index contributed by atoms with van der Waals surface area (Å²) in [5.41, 5.74) is 0. The topological polar surface area (TPSA) is 112 Å². The summed E-state index contributed by atoms with van der Waals surface area (Å²) in [6.45, 7) is 8.71. The third-order valence-electron chi connectivity index (χ3n) is 3.84. The predicted octanol–water partition coefficient (Wildman–Crippen LogP) is 0.310. The normalized spacial score (nSPS) is 11.8. The summed E-state index contributed by atoms with van der Waals surface area (Å²) < 4.78 is 21.0. The van der Waals surface area contributed by atoms with Gasteiger partial charge in [-0.25, -0.2) is 0 Å². The van der Waals surface area contributed by atoms with E-state index in [1.807, 2.05) is 13.8 Å². The van der Waals surface area contributed by atoms with Crippen LogP contribution in [0.25, 0.3) is 0 Å². The fourth-order valence-corrected chi connectivity index (χ4v) is 1.85. The minimum absolute atomic E-state index is 0.00950. The summed E-state index contributed by atoms with van der Waals surface area (Å²) in [6, 6.07) is 0. The summed E-state index contributed by atoms with van der Waals surface area (Å²) in [4.78, 5) is 34.1. The van der Waals surface area contributed by atoms with Crippen LogP contribution in [0.1, 0.15) is 33.6 Å². The molecule has 0 aromatic rings. The van der Waals surface area contributed by atoms with Crippen molar-refractivity contribution in [2.24, 2.45) is 5.92 Å². The van der Waals surface area contributed by atoms with Gasteiger partial charge in [0.05, 0.1) is 39.6 Å². The van der Waals surface area contributed by atoms with Crippen LogP contribution in [0.15, 0.2) is 0 Å². The number of carbonyl (C=O) groups is 3. The molecule has 0 radical (unpaired) electrons. The van der Waals surface area contributed by atoms with Crippen LogP contribution >= 0.6 is 0 Å². The highest BCUT2D eigenvalue weighted by Crippen LogP contribution is 2.01. The van der Waals surface area contributed by atoms with Crippen molar-refractivity contribution in [3.63, 3.8) is 0 Å². The summed E-state index contributed by atoms with van der Waals surface area (Å²) in [5, 5.41) is 5.37. The predicted molar refractivity (Wildman–Crippen MR) is 104 cm³/mol. The van der Waals surface area contributed by atoms with E-state index >= 15 is 0 Å². The zero-order chi connectivity index (χ0) is 21.0. The number of ether oxygens (including phenoxy) is 4. The Balaban J connectivity index is 3.31. The zero-order valence-electron chi connectivity index (χ0n) is 17.4. The van der Waals surface area contributed by atoms with Crippen LogP contribution in [0.5, 0.6) is 0 Å². The molecule has 0 aromatic carbocycles. The number of rotatable bonds is 19. The Morgan fingerprint density at radius 3 is 1.75 bits per heavy atom. The van der Waals surface area contributed by atoms with Crippen LogP contribution in [-0.4, -0.2) is 83.5 Å². The number of nitrogens with one attached hydrogen (secondary N) is 2. The first kappa shape index (κ1) is 26.4. The molecule has 0 fully saturated rings. The Labute approximate surface area is 167 Å². The van der Waals surface area contributed by atoms with Gasteiger partial charge in [0.2, 0.25) is 11.8 Å². The Hall–Kier alpha value is -1.55. The van der Waals surface area contributed by atoms with Gasteiger partial charge in [0.25, 0.3) is 0 Å². The fourth-order valence-electron chi connectivity index (χ4n) is 1.85. The highest BCUT2D eigenvalue weighted by molar-refractivity contribution is 5.81. The molecule has 1 unspecified atom stereocenters. The maximum atomic E-state index is 11.5. The van der Waals surface area contributed by atoms with Gasteiger partial charge in [-0.1, -0.05) is 20.8 Å². The van der Waals surface area contributed by atoms with Crippen LogP contribution < -0.4 is 10.6 Å². The molecule has 0 saturated heterocycles. The van der Waals surface area contributed by atoms with Crippen LogP contribution in [0, 0.1) is 5.92 Å². The maximum Gasteiger partial charge on any atom is 0.246 e. The van der Waals surface area contributed by atoms with E-state index in [0.29, 0.717) is 59.2 Å². The molecule has 0 spiro atoms. The van der Waals surface area contributed by atoms with E-state index in [-0.39, 0.29) is 36.7 Å². The van der Waals surface area contributed by atoms with E-state index in [1.54, 1.807) is 6.92 Å². The lowest BCUT2D eigenvalue weighted by Gasteiger charge is -2.09. The SMILES string of the molecule is CCC(=O)NCCOCCOCC(=O)NCCOCCOCC(=O)C(C)CC. The Morgan fingerprint density at radius 2 is 1.21 bits per heavy atom. The molecule has 0 aromatic heterocycles. The molecule has 2 N–H and O–H groups in total. The van der Waals surface area contributed by atoms with Crippen molar-refractivity contribution in [3.8, 4) is 0 Å². The summed E-state index contributed by atoms with van der Waals surface area (Å²) in [7, 11) is 0. The second-order valence-corrected chi connectivity index (χ2v) is 6.16. The standard InChI is InChI=1S/C19H36N2O7/c1-4-16(3)17(22)14-27-12-10-26-9-7-21-19(24)15-28-13-11-25-8-6-20-18(23)5-2/h16H,4-15H2,1-3H3,(H,20,23)(H,21,24). The molecule has 0 bridgehead atoms. The largest absolute Gasteiger partial charge is 0.377 e. The Bertz CT molecular complexity index is 433. The number of carbonyl (C=O) groups excluding carboxylic acids is 3. The van der Waals surface area contributed by atoms with Crippen molar-refractivity contribution < 1.29 is 33.3 Å². The van der Waals surface area contributed by atoms with Gasteiger partial charge in [-0.2, -0.15) is 0 Å². The highest BCUT2D eigenvalue weighted by Gasteiger charge is 2.09. The van der Waals surface area contributed by atoms with E-state index < -0.39 is 0 Å². The number of amides is 2. The first-order valence-corrected chi connectivity index (χ1v) is 9.88. The van der Waals surface area contributed by atoms with Gasteiger partial charge in [0, 0.05) is 25.4 Å². The van der Waals surface area contributed by atoms with Crippen molar-refractivity contribution in [3.05, 3.63) is 0 Å². The number of hydrogen-bond donors (Lipinski definition) is 2. The number of Topliss-reactive ketones (excluding diaryl/α,β-unsaturated/α-hetero) is 1. The molecule has 164 valence electrons. The third kappa shape index (κ3) is 16.6. The van der Waals surface area contributed by atoms with E-state index in [4.69, 9.17) is 18.9 Å². The molecule has 9 nitrogen and oxygen atoms in total. The lowest BCUT2D eigenvalue weighted by Crippen LogP contribution is -2.31. The monoisotopic (exact) mass is 404 g/mol. The minimum Gasteiger partial charge on any atom is -0.377 e. The van der Waals surface area contributed by atoms with E-state index in [1.165, 1.54) is 0 Å². The lowest BCUT2D eigenvalue weighted by atomic mass is 10.1. The molecule has 0 aliphatic carbocycles. The number of hydrogen-bond acceptors (Lipinski definition) is 7. The molecule has 1 atom stereocenters. The molecular formula is C19H36N2O7. The van der Waals surface area contributed by atoms with Crippen molar-refractivity contribution in [1.82, 2.24) is 10.6 Å². The van der Waals surface area contributed by atoms with Gasteiger partial charge in [-0.3, -0.25) is 14.4 Å². The molecular weight excluding hydrogens is 368 g/mol. The smallest absolute Gasteiger partial charge is 0.246 e. The van der Waals surface area contributed by atoms with Gasteiger partial charge in [0.15, 0.2) is 5.78 Å². The van der Waals surface area contributed by atoms with Gasteiger partial charge in [0.1, 0.15) is 13.2 Å². The van der Waals surface area contributed by atoms with Crippen molar-refractivity contribution in [2.75, 3.05) is 65.9 Å². The van der Waals surface area contributed by atoms with Crippen molar-refractivity contribution in [1.29, 1.82) is 0 Å². The highest BCUT2D eigenvalue weighted by atomic mass is 16.5. The average molecular weight is 405 g/mol. The van der Waals surface area contributed by atoms with Gasteiger partial charge in [-0.05, 0) is 6.42 Å². The minimum atomic E-state index is -0.228. The van der Waals surface area contributed by atoms with E-state index in [9.17, 15) is 14.4 Å². The van der Waals surface area contributed by atoms with Gasteiger partial charge >= 0.3 is 0 Å². The first-order chi connectivity index (χ1) is 13.5. The maximum absolute atomic E-state index is 11.5. The van der Waals surface area contributed by atoms with Crippen LogP contribution in [-0.2, 0) is 33.3 Å². The van der Waals surface area contributed by atoms with Crippen LogP contribution in [0.2, 0.25) is 0 Å². The molecule has 28 heavy (non-hydrogen) atoms. The van der Waals surface area contributed by atoms with Crippen LogP contribution in [0.3, 0.4) is 0 Å². The molecule has 0 aliphatic rings. The molecule has 9 heteroatoms. The molecule has 0 heterocycles. The fraction of sp³-hybridized carbons (Fsp3) is 0.842. The van der Waals surface area contributed by atoms with Crippen LogP contribution in [0.4, 0.5) is 0 Å². The summed E-state index contributed by atoms with van der Waals surface area (Å²) >= 11 is 0. The van der Waals surface area contributed by atoms with Crippen molar-refractivity contribution in [2.45, 2.75) is 33.6 Å². The second-order valence-electron chi connectivity index (χ2n) is 6.16. The Kier molecular flexibility index (Phi) is 17.8. The first-order valence-electron chi connectivity index (χ1n) is 9.88. The second kappa shape index (κ2) is 18.8. The third-order valence-corrected chi connectivity index (χ3v) is 3.84. The molecule has 0 rings (SSSR count). The van der Waals surface area contributed by atoms with E-state index in [0.717, 1.165) is 6.42 Å². The summed E-state index contributed by atoms with van der Waals surface area (Å²) in [6.07, 6.45) is 1.27. The lowest BCUT2D eigenvalue weighted by molar-refractivity contribution is -0.128. The average Bonchev–Trinajstić information content (AvgIpc) is 2.70. The van der Waals surface area contributed by atoms with Gasteiger partial charge in [-0.15, -0.1) is 0 Å². The zero-order valence-corrected chi connectivity index (χ0v) is 17.4. The van der Waals surface area contributed by atoms with Crippen molar-refractivity contribution >= 4 is 17.6 Å². The summed E-state index contributed by atoms with van der Waals surface area (Å²) in [5.74, 6) is -0.110. The molecule has 2 amide bonds. The number of ketones is 1. The quantitative estimate of drug-likeness (QED) is 0.298. The molecule has 0 saturated carbocycles. The van der Waals surface area contributed by atoms with E-state index in [2.05, 4.69) is 10.6 Å². The molecule has 0 aliphatic heterocycles.